The molecule has 0 radical (unpaired) electrons. The van der Waals surface area contributed by atoms with E-state index in [2.05, 4.69) is 15.6 Å². The van der Waals surface area contributed by atoms with E-state index in [1.165, 1.54) is 0 Å². The van der Waals surface area contributed by atoms with E-state index in [0.717, 1.165) is 10.9 Å². The van der Waals surface area contributed by atoms with Crippen molar-refractivity contribution in [1.82, 2.24) is 10.3 Å². The average Bonchev–Trinajstić information content (AvgIpc) is 2.52. The minimum Gasteiger partial charge on any atom is -0.347 e. The third-order valence-corrected chi connectivity index (χ3v) is 3.13. The fraction of sp³-hybridized carbons (Fsp3) is 0.267. The predicted molar refractivity (Wildman–Crippen MR) is 96.1 cm³/mol. The van der Waals surface area contributed by atoms with Crippen LogP contribution in [-0.4, -0.2) is 29.9 Å². The van der Waals surface area contributed by atoms with Crippen molar-refractivity contribution in [3.63, 3.8) is 0 Å². The van der Waals surface area contributed by atoms with Crippen molar-refractivity contribution in [1.29, 1.82) is 0 Å². The summed E-state index contributed by atoms with van der Waals surface area (Å²) in [5.41, 5.74) is 6.74. The van der Waals surface area contributed by atoms with Crippen LogP contribution in [0, 0.1) is 5.92 Å². The monoisotopic (exact) mass is 358 g/mol. The summed E-state index contributed by atoms with van der Waals surface area (Å²) in [6.07, 6.45) is 1.67. The van der Waals surface area contributed by atoms with Gasteiger partial charge in [0.05, 0.1) is 17.7 Å². The van der Waals surface area contributed by atoms with Crippen LogP contribution < -0.4 is 16.4 Å². The number of nitrogens with one attached hydrogen (secondary N) is 2. The lowest BCUT2D eigenvalue weighted by Crippen LogP contribution is -2.38. The Hall–Kier alpha value is -1.89. The molecule has 0 fully saturated rings. The SMILES string of the molecule is CC(CN)C(=O)NCC(=O)Nc1cccc2cccnc12.Cl.Cl. The summed E-state index contributed by atoms with van der Waals surface area (Å²) in [5, 5.41) is 6.24. The standard InChI is InChI=1S/C15H18N4O2.2ClH/c1-10(8-16)15(21)18-9-13(20)19-12-6-2-4-11-5-3-7-17-14(11)12;;/h2-7,10H,8-9,16H2,1H3,(H,18,21)(H,19,20);2*1H. The number of pyridine rings is 1. The molecule has 1 atom stereocenters. The summed E-state index contributed by atoms with van der Waals surface area (Å²) < 4.78 is 0. The highest BCUT2D eigenvalue weighted by atomic mass is 35.5. The number of nitrogens with zero attached hydrogens (tertiary/aromatic N) is 1. The summed E-state index contributed by atoms with van der Waals surface area (Å²) >= 11 is 0. The van der Waals surface area contributed by atoms with Crippen molar-refractivity contribution in [3.05, 3.63) is 36.5 Å². The summed E-state index contributed by atoms with van der Waals surface area (Å²) in [4.78, 5) is 27.7. The van der Waals surface area contributed by atoms with Crippen LogP contribution in [-0.2, 0) is 9.59 Å². The van der Waals surface area contributed by atoms with Crippen LogP contribution in [0.2, 0.25) is 0 Å². The van der Waals surface area contributed by atoms with E-state index in [1.807, 2.05) is 24.3 Å². The van der Waals surface area contributed by atoms with Crippen LogP contribution in [0.3, 0.4) is 0 Å². The Morgan fingerprint density at radius 2 is 1.91 bits per heavy atom. The molecule has 8 heteroatoms. The molecule has 0 aliphatic rings. The van der Waals surface area contributed by atoms with Gasteiger partial charge in [-0.15, -0.1) is 24.8 Å². The van der Waals surface area contributed by atoms with E-state index >= 15 is 0 Å². The highest BCUT2D eigenvalue weighted by Crippen LogP contribution is 2.20. The van der Waals surface area contributed by atoms with Crippen molar-refractivity contribution in [2.75, 3.05) is 18.4 Å². The molecule has 0 spiro atoms. The van der Waals surface area contributed by atoms with Gasteiger partial charge in [0.2, 0.25) is 11.8 Å². The normalized spacial score (nSPS) is 10.9. The van der Waals surface area contributed by atoms with Gasteiger partial charge >= 0.3 is 0 Å². The molecule has 1 aromatic carbocycles. The fourth-order valence-corrected chi connectivity index (χ4v) is 1.85. The number of carbonyl (C=O) groups is 2. The van der Waals surface area contributed by atoms with Gasteiger partial charge in [-0.1, -0.05) is 25.1 Å². The molecule has 126 valence electrons. The molecule has 6 nitrogen and oxygen atoms in total. The number of aromatic nitrogens is 1. The maximum absolute atomic E-state index is 11.9. The largest absolute Gasteiger partial charge is 0.347 e. The highest BCUT2D eigenvalue weighted by molar-refractivity contribution is 6.01. The first kappa shape index (κ1) is 21.1. The molecule has 23 heavy (non-hydrogen) atoms. The third-order valence-electron chi connectivity index (χ3n) is 3.13. The Labute approximate surface area is 147 Å². The Kier molecular flexibility index (Phi) is 9.17. The molecule has 0 bridgehead atoms. The molecule has 0 aliphatic carbocycles. The summed E-state index contributed by atoms with van der Waals surface area (Å²) in [5.74, 6) is -0.841. The Morgan fingerprint density at radius 3 is 2.61 bits per heavy atom. The van der Waals surface area contributed by atoms with Crippen LogP contribution in [0.25, 0.3) is 10.9 Å². The quantitative estimate of drug-likeness (QED) is 0.757. The van der Waals surface area contributed by atoms with Crippen LogP contribution in [0.4, 0.5) is 5.69 Å². The maximum Gasteiger partial charge on any atom is 0.243 e. The number of halogens is 2. The van der Waals surface area contributed by atoms with Crippen molar-refractivity contribution in [2.24, 2.45) is 11.7 Å². The van der Waals surface area contributed by atoms with Gasteiger partial charge in [0.15, 0.2) is 0 Å². The first-order chi connectivity index (χ1) is 10.1. The zero-order valence-corrected chi connectivity index (χ0v) is 14.2. The second kappa shape index (κ2) is 9.99. The van der Waals surface area contributed by atoms with Crippen LogP contribution >= 0.6 is 24.8 Å². The zero-order chi connectivity index (χ0) is 15.2. The lowest BCUT2D eigenvalue weighted by atomic mass is 10.1. The second-order valence-corrected chi connectivity index (χ2v) is 4.78. The van der Waals surface area contributed by atoms with Crippen molar-refractivity contribution >= 4 is 53.2 Å². The first-order valence-electron chi connectivity index (χ1n) is 6.73. The lowest BCUT2D eigenvalue weighted by molar-refractivity contribution is -0.126. The number of carbonyl (C=O) groups excluding carboxylic acids is 2. The van der Waals surface area contributed by atoms with Gasteiger partial charge in [-0.05, 0) is 12.1 Å². The van der Waals surface area contributed by atoms with Gasteiger partial charge < -0.3 is 16.4 Å². The molecule has 0 saturated heterocycles. The number of para-hydroxylation sites is 1. The van der Waals surface area contributed by atoms with Gasteiger partial charge in [0, 0.05) is 24.0 Å². The molecule has 2 amide bonds. The van der Waals surface area contributed by atoms with E-state index in [-0.39, 0.29) is 55.6 Å². The van der Waals surface area contributed by atoms with Crippen LogP contribution in [0.1, 0.15) is 6.92 Å². The first-order valence-corrected chi connectivity index (χ1v) is 6.73. The van der Waals surface area contributed by atoms with E-state index in [0.29, 0.717) is 5.69 Å². The van der Waals surface area contributed by atoms with Gasteiger partial charge in [-0.3, -0.25) is 14.6 Å². The smallest absolute Gasteiger partial charge is 0.243 e. The van der Waals surface area contributed by atoms with E-state index < -0.39 is 0 Å². The average molecular weight is 359 g/mol. The van der Waals surface area contributed by atoms with E-state index in [4.69, 9.17) is 5.73 Å². The predicted octanol–water partition coefficient (Wildman–Crippen LogP) is 1.73. The maximum atomic E-state index is 11.9. The van der Waals surface area contributed by atoms with E-state index in [9.17, 15) is 9.59 Å². The van der Waals surface area contributed by atoms with Gasteiger partial charge in [-0.25, -0.2) is 0 Å². The van der Waals surface area contributed by atoms with E-state index in [1.54, 1.807) is 19.2 Å². The summed E-state index contributed by atoms with van der Waals surface area (Å²) in [6, 6.07) is 9.29. The molecule has 1 unspecified atom stereocenters. The molecule has 2 rings (SSSR count). The third kappa shape index (κ3) is 5.67. The number of hydrogen-bond acceptors (Lipinski definition) is 4. The molecule has 4 N–H and O–H groups in total. The Morgan fingerprint density at radius 1 is 1.22 bits per heavy atom. The van der Waals surface area contributed by atoms with Gasteiger partial charge in [0.25, 0.3) is 0 Å². The second-order valence-electron chi connectivity index (χ2n) is 4.78. The molecule has 0 aliphatic heterocycles. The van der Waals surface area contributed by atoms with Crippen LogP contribution in [0.15, 0.2) is 36.5 Å². The number of benzene rings is 1. The van der Waals surface area contributed by atoms with Crippen molar-refractivity contribution in [2.45, 2.75) is 6.92 Å². The van der Waals surface area contributed by atoms with Gasteiger partial charge in [-0.2, -0.15) is 0 Å². The molecular weight excluding hydrogens is 339 g/mol. The number of nitrogens with two attached hydrogens (primary N) is 1. The molecule has 1 aromatic heterocycles. The number of rotatable bonds is 5. The van der Waals surface area contributed by atoms with Gasteiger partial charge in [0.1, 0.15) is 0 Å². The van der Waals surface area contributed by atoms with Crippen molar-refractivity contribution < 1.29 is 9.59 Å². The number of hydrogen-bond donors (Lipinski definition) is 3. The number of amides is 2. The highest BCUT2D eigenvalue weighted by Gasteiger charge is 2.12. The summed E-state index contributed by atoms with van der Waals surface area (Å²) in [6.45, 7) is 1.87. The Bertz CT molecular complexity index is 661. The molecule has 1 heterocycles. The Balaban J connectivity index is 0.00000242. The summed E-state index contributed by atoms with van der Waals surface area (Å²) in [7, 11) is 0. The minimum atomic E-state index is -0.308. The molecule has 2 aromatic rings. The topological polar surface area (TPSA) is 97.1 Å². The lowest BCUT2D eigenvalue weighted by Gasteiger charge is -2.11. The molecular formula is C15H20Cl2N4O2. The zero-order valence-electron chi connectivity index (χ0n) is 12.6. The van der Waals surface area contributed by atoms with Crippen molar-refractivity contribution in [3.8, 4) is 0 Å². The number of anilines is 1. The molecule has 0 saturated carbocycles. The number of fused-ring (bicyclic) bond motifs is 1. The van der Waals surface area contributed by atoms with Crippen LogP contribution in [0.5, 0.6) is 0 Å². The fourth-order valence-electron chi connectivity index (χ4n) is 1.85. The minimum absolute atomic E-state index is 0.